The maximum Gasteiger partial charge on any atom is 0.243 e. The van der Waals surface area contributed by atoms with Crippen LogP contribution in [0.15, 0.2) is 67.8 Å². The fourth-order valence-electron chi connectivity index (χ4n) is 4.73. The Bertz CT molecular complexity index is 1200. The topological polar surface area (TPSA) is 58.4 Å². The molecule has 6 nitrogen and oxygen atoms in total. The van der Waals surface area contributed by atoms with Crippen molar-refractivity contribution in [2.24, 2.45) is 0 Å². The number of carbonyl (C=O) groups is 2. The van der Waals surface area contributed by atoms with E-state index in [2.05, 4.69) is 13.2 Å². The third-order valence-corrected chi connectivity index (χ3v) is 6.23. The molecule has 1 fully saturated rings. The molecule has 0 saturated carbocycles. The Hall–Kier alpha value is -3.67. The van der Waals surface area contributed by atoms with Gasteiger partial charge in [0.15, 0.2) is 0 Å². The van der Waals surface area contributed by atoms with Crippen LogP contribution in [0.2, 0.25) is 0 Å². The molecule has 2 aromatic carbocycles. The molecule has 3 aromatic rings. The maximum absolute atomic E-state index is 13.1. The van der Waals surface area contributed by atoms with Crippen LogP contribution in [0.3, 0.4) is 0 Å². The summed E-state index contributed by atoms with van der Waals surface area (Å²) in [6.07, 6.45) is 3.80. The molecule has 33 heavy (non-hydrogen) atoms. The van der Waals surface area contributed by atoms with E-state index in [1.54, 1.807) is 17.1 Å². The van der Waals surface area contributed by atoms with Gasteiger partial charge in [-0.15, -0.1) is 13.2 Å². The van der Waals surface area contributed by atoms with Gasteiger partial charge in [-0.3, -0.25) is 9.59 Å². The summed E-state index contributed by atoms with van der Waals surface area (Å²) >= 11 is 0. The van der Waals surface area contributed by atoms with E-state index in [1.807, 2.05) is 65.8 Å². The number of aryl methyl sites for hydroxylation is 2. The maximum atomic E-state index is 13.1. The van der Waals surface area contributed by atoms with E-state index >= 15 is 0 Å². The minimum Gasteiger partial charge on any atom is -0.334 e. The summed E-state index contributed by atoms with van der Waals surface area (Å²) in [6.45, 7) is 13.2. The van der Waals surface area contributed by atoms with Crippen LogP contribution in [-0.2, 0) is 16.1 Å². The van der Waals surface area contributed by atoms with Crippen molar-refractivity contribution in [3.05, 3.63) is 84.7 Å². The van der Waals surface area contributed by atoms with Gasteiger partial charge in [-0.1, -0.05) is 42.5 Å². The van der Waals surface area contributed by atoms with Crippen molar-refractivity contribution in [1.82, 2.24) is 14.5 Å². The quantitative estimate of drug-likeness (QED) is 0.487. The Morgan fingerprint density at radius 3 is 2.42 bits per heavy atom. The molecular formula is C27H30N4O2. The number of carbonyl (C=O) groups excluding carboxylic acids is 2. The lowest BCUT2D eigenvalue weighted by molar-refractivity contribution is -0.130. The third kappa shape index (κ3) is 4.33. The molecule has 0 radical (unpaired) electrons. The number of anilines is 1. The predicted molar refractivity (Wildman–Crippen MR) is 132 cm³/mol. The van der Waals surface area contributed by atoms with E-state index in [0.29, 0.717) is 26.1 Å². The minimum absolute atomic E-state index is 0.0323. The van der Waals surface area contributed by atoms with E-state index < -0.39 is 0 Å². The second-order valence-electron chi connectivity index (χ2n) is 8.57. The second kappa shape index (κ2) is 9.45. The largest absolute Gasteiger partial charge is 0.334 e. The lowest BCUT2D eigenvalue weighted by Gasteiger charge is -2.22. The first kappa shape index (κ1) is 22.5. The van der Waals surface area contributed by atoms with Gasteiger partial charge in [0, 0.05) is 37.7 Å². The average Bonchev–Trinajstić information content (AvgIpc) is 3.34. The molecule has 0 unspecified atom stereocenters. The molecule has 2 amide bonds. The fraction of sp³-hybridized carbons (Fsp3) is 0.296. The summed E-state index contributed by atoms with van der Waals surface area (Å²) in [5.41, 5.74) is 4.87. The number of hydrogen-bond acceptors (Lipinski definition) is 3. The van der Waals surface area contributed by atoms with E-state index in [-0.39, 0.29) is 24.3 Å². The summed E-state index contributed by atoms with van der Waals surface area (Å²) in [5, 5.41) is 0. The van der Waals surface area contributed by atoms with Crippen LogP contribution in [0.4, 0.5) is 5.69 Å². The van der Waals surface area contributed by atoms with Crippen molar-refractivity contribution in [2.45, 2.75) is 32.7 Å². The second-order valence-corrected chi connectivity index (χ2v) is 8.57. The highest BCUT2D eigenvalue weighted by atomic mass is 16.2. The normalized spacial score (nSPS) is 15.8. The number of aromatic nitrogens is 2. The predicted octanol–water partition coefficient (Wildman–Crippen LogP) is 4.37. The van der Waals surface area contributed by atoms with E-state index in [4.69, 9.17) is 4.98 Å². The van der Waals surface area contributed by atoms with E-state index in [9.17, 15) is 9.59 Å². The number of hydrogen-bond donors (Lipinski definition) is 0. The van der Waals surface area contributed by atoms with Crippen LogP contribution in [-0.4, -0.2) is 45.9 Å². The summed E-state index contributed by atoms with van der Waals surface area (Å²) in [5.74, 6) is 0.741. The van der Waals surface area contributed by atoms with Crippen LogP contribution in [0.5, 0.6) is 0 Å². The zero-order valence-electron chi connectivity index (χ0n) is 19.3. The summed E-state index contributed by atoms with van der Waals surface area (Å²) < 4.78 is 1.98. The van der Waals surface area contributed by atoms with Crippen LogP contribution in [0.25, 0.3) is 11.0 Å². The minimum atomic E-state index is -0.0936. The van der Waals surface area contributed by atoms with Crippen molar-refractivity contribution in [1.29, 1.82) is 0 Å². The zero-order chi connectivity index (χ0) is 23.5. The highest BCUT2D eigenvalue weighted by molar-refractivity contribution is 5.98. The lowest BCUT2D eigenvalue weighted by Crippen LogP contribution is -2.34. The average molecular weight is 443 g/mol. The smallest absolute Gasteiger partial charge is 0.243 e. The van der Waals surface area contributed by atoms with Crippen molar-refractivity contribution in [2.75, 3.05) is 24.5 Å². The number of para-hydroxylation sites is 3. The van der Waals surface area contributed by atoms with Crippen molar-refractivity contribution < 1.29 is 9.59 Å². The molecule has 6 heteroatoms. The van der Waals surface area contributed by atoms with Crippen molar-refractivity contribution in [3.63, 3.8) is 0 Å². The van der Waals surface area contributed by atoms with Crippen LogP contribution in [0, 0.1) is 13.8 Å². The molecular weight excluding hydrogens is 412 g/mol. The molecule has 2 heterocycles. The van der Waals surface area contributed by atoms with E-state index in [1.165, 1.54) is 0 Å². The number of amides is 2. The molecule has 4 rings (SSSR count). The van der Waals surface area contributed by atoms with Crippen LogP contribution in [0.1, 0.15) is 29.3 Å². The molecule has 1 aliphatic heterocycles. The van der Waals surface area contributed by atoms with Gasteiger partial charge in [0.1, 0.15) is 12.4 Å². The molecule has 0 spiro atoms. The Morgan fingerprint density at radius 1 is 1.09 bits per heavy atom. The highest BCUT2D eigenvalue weighted by Crippen LogP contribution is 2.36. The zero-order valence-corrected chi connectivity index (χ0v) is 19.3. The van der Waals surface area contributed by atoms with Crippen molar-refractivity contribution in [3.8, 4) is 0 Å². The van der Waals surface area contributed by atoms with Gasteiger partial charge in [0.25, 0.3) is 0 Å². The molecule has 0 N–H and O–H groups in total. The number of fused-ring (bicyclic) bond motifs is 1. The van der Waals surface area contributed by atoms with Gasteiger partial charge >= 0.3 is 0 Å². The Labute approximate surface area is 194 Å². The molecule has 0 bridgehead atoms. The molecule has 170 valence electrons. The summed E-state index contributed by atoms with van der Waals surface area (Å²) in [7, 11) is 0. The highest BCUT2D eigenvalue weighted by Gasteiger charge is 2.36. The number of nitrogens with zero attached hydrogens (tertiary/aromatic N) is 4. The number of benzene rings is 2. The Balaban J connectivity index is 1.70. The van der Waals surface area contributed by atoms with Gasteiger partial charge in [-0.2, -0.15) is 0 Å². The van der Waals surface area contributed by atoms with Crippen LogP contribution >= 0.6 is 0 Å². The molecule has 1 saturated heterocycles. The number of imidazole rings is 1. The third-order valence-electron chi connectivity index (χ3n) is 6.23. The first-order valence-corrected chi connectivity index (χ1v) is 11.3. The van der Waals surface area contributed by atoms with Gasteiger partial charge < -0.3 is 14.4 Å². The number of rotatable bonds is 8. The summed E-state index contributed by atoms with van der Waals surface area (Å²) in [4.78, 5) is 34.7. The molecule has 1 aromatic heterocycles. The van der Waals surface area contributed by atoms with Gasteiger partial charge in [-0.05, 0) is 37.1 Å². The Kier molecular flexibility index (Phi) is 6.45. The monoisotopic (exact) mass is 442 g/mol. The first-order valence-electron chi connectivity index (χ1n) is 11.3. The lowest BCUT2D eigenvalue weighted by atomic mass is 10.1. The van der Waals surface area contributed by atoms with Gasteiger partial charge in [0.05, 0.1) is 11.0 Å². The van der Waals surface area contributed by atoms with Gasteiger partial charge in [0.2, 0.25) is 11.8 Å². The SMILES string of the molecule is C=CCN(CC=C)C(=O)Cn1c([C@H]2CC(=O)N(c3c(C)cccc3C)C2)nc2ccccc21. The Morgan fingerprint density at radius 2 is 1.76 bits per heavy atom. The van der Waals surface area contributed by atoms with Gasteiger partial charge in [-0.25, -0.2) is 4.98 Å². The standard InChI is InChI=1S/C27H30N4O2/c1-5-14-29(15-6-2)25(33)18-30-23-13-8-7-12-22(23)28-27(30)21-16-24(32)31(17-21)26-19(3)10-9-11-20(26)4/h5-13,21H,1-2,14-18H2,3-4H3/t21-/m0/s1. The van der Waals surface area contributed by atoms with Crippen molar-refractivity contribution >= 4 is 28.5 Å². The molecule has 1 atom stereocenters. The fourth-order valence-corrected chi connectivity index (χ4v) is 4.73. The first-order chi connectivity index (χ1) is 15.9. The molecule has 1 aliphatic rings. The van der Waals surface area contributed by atoms with Crippen LogP contribution < -0.4 is 4.90 Å². The van der Waals surface area contributed by atoms with E-state index in [0.717, 1.165) is 33.7 Å². The molecule has 0 aliphatic carbocycles. The summed E-state index contributed by atoms with van der Waals surface area (Å²) in [6, 6.07) is 13.9.